The first kappa shape index (κ1) is 16.2. The number of hydrogen-bond acceptors (Lipinski definition) is 4. The van der Waals surface area contributed by atoms with Crippen LogP contribution in [-0.2, 0) is 29.1 Å². The predicted octanol–water partition coefficient (Wildman–Crippen LogP) is 0.934. The zero-order chi connectivity index (χ0) is 12.2. The van der Waals surface area contributed by atoms with Gasteiger partial charge in [-0.15, -0.1) is 0 Å². The van der Waals surface area contributed by atoms with Gasteiger partial charge in [0.25, 0.3) is 0 Å². The third kappa shape index (κ3) is 5.92. The Morgan fingerprint density at radius 1 is 1.35 bits per heavy atom. The second kappa shape index (κ2) is 6.85. The molecule has 0 atom stereocenters. The maximum atomic E-state index is 11.0. The number of primary sulfonamides is 1. The van der Waals surface area contributed by atoms with E-state index in [2.05, 4.69) is 30.2 Å². The molecule has 0 aliphatic rings. The first-order chi connectivity index (χ1) is 7.39. The molecule has 0 fully saturated rings. The molecule has 0 bridgehead atoms. The van der Waals surface area contributed by atoms with Crippen molar-refractivity contribution in [3.63, 3.8) is 0 Å². The number of rotatable bonds is 4. The lowest BCUT2D eigenvalue weighted by atomic mass is 10.1. The molecule has 0 amide bonds. The molecule has 1 aromatic carbocycles. The molecule has 7 heteroatoms. The van der Waals surface area contributed by atoms with Gasteiger partial charge in [0.05, 0.1) is 4.90 Å². The topological polar surface area (TPSA) is 72.2 Å². The maximum Gasteiger partial charge on any atom is 0.238 e. The lowest BCUT2D eigenvalue weighted by Gasteiger charge is -2.09. The van der Waals surface area contributed by atoms with E-state index in [1.165, 1.54) is 12.1 Å². The Labute approximate surface area is 113 Å². The molecule has 0 saturated carbocycles. The lowest BCUT2D eigenvalue weighted by Crippen LogP contribution is -2.21. The smallest absolute Gasteiger partial charge is 0.238 e. The number of nitrogens with one attached hydrogen (secondary N) is 1. The highest BCUT2D eigenvalue weighted by Gasteiger charge is 2.06. The van der Waals surface area contributed by atoms with Crippen molar-refractivity contribution in [1.82, 2.24) is 5.32 Å². The third-order valence-electron chi connectivity index (χ3n) is 1.93. The zero-order valence-corrected chi connectivity index (χ0v) is 10.8. The first-order valence-corrected chi connectivity index (χ1v) is 6.82. The normalized spacial score (nSPS) is 10.4. The molecule has 0 saturated heterocycles. The Kier molecular flexibility index (Phi) is 6.54. The highest BCUT2D eigenvalue weighted by Crippen LogP contribution is 2.08. The van der Waals surface area contributed by atoms with Crippen LogP contribution in [0.4, 0.5) is 0 Å². The monoisotopic (exact) mass is 291 g/mol. The summed E-state index contributed by atoms with van der Waals surface area (Å²) < 4.78 is 22.3. The maximum absolute atomic E-state index is 11.0. The van der Waals surface area contributed by atoms with Crippen molar-refractivity contribution in [1.29, 1.82) is 0 Å². The SMILES string of the molecule is C.NS(=O)(=O)c1ccc(CCNC(=S)[S-])cc1. The van der Waals surface area contributed by atoms with E-state index in [-0.39, 0.29) is 12.3 Å². The van der Waals surface area contributed by atoms with E-state index in [0.717, 1.165) is 12.0 Å². The van der Waals surface area contributed by atoms with Gasteiger partial charge in [-0.1, -0.05) is 23.9 Å². The summed E-state index contributed by atoms with van der Waals surface area (Å²) in [5.74, 6) is 0. The van der Waals surface area contributed by atoms with Gasteiger partial charge in [-0.3, -0.25) is 0 Å². The van der Waals surface area contributed by atoms with Crippen molar-refractivity contribution in [3.05, 3.63) is 29.8 Å². The molecule has 0 aliphatic heterocycles. The second-order valence-corrected chi connectivity index (χ2v) is 5.79. The molecule has 0 aromatic heterocycles. The van der Waals surface area contributed by atoms with Crippen LogP contribution in [-0.4, -0.2) is 19.3 Å². The summed E-state index contributed by atoms with van der Waals surface area (Å²) in [7, 11) is -3.61. The Bertz CT molecular complexity index is 469. The van der Waals surface area contributed by atoms with Crippen molar-refractivity contribution in [2.75, 3.05) is 6.54 Å². The minimum Gasteiger partial charge on any atom is -0.412 e. The molecule has 0 aliphatic carbocycles. The van der Waals surface area contributed by atoms with Gasteiger partial charge in [0.1, 0.15) is 0 Å². The van der Waals surface area contributed by atoms with E-state index in [4.69, 9.17) is 5.14 Å². The highest BCUT2D eigenvalue weighted by atomic mass is 32.2. The van der Waals surface area contributed by atoms with Gasteiger partial charge in [-0.25, -0.2) is 13.6 Å². The van der Waals surface area contributed by atoms with E-state index < -0.39 is 10.0 Å². The number of thiocarbonyl (C=S) groups is 1. The summed E-state index contributed by atoms with van der Waals surface area (Å²) in [6.07, 6.45) is 0.724. The molecule has 1 rings (SSSR count). The minimum absolute atomic E-state index is 0. The fraction of sp³-hybridized carbons (Fsp3) is 0.300. The minimum atomic E-state index is -3.61. The van der Waals surface area contributed by atoms with Crippen LogP contribution >= 0.6 is 12.2 Å². The average Bonchev–Trinajstić information content (AvgIpc) is 2.16. The molecule has 0 heterocycles. The summed E-state index contributed by atoms with van der Waals surface area (Å²) in [4.78, 5) is 0.114. The number of sulfonamides is 1. The number of nitrogens with two attached hydrogens (primary N) is 1. The van der Waals surface area contributed by atoms with Gasteiger partial charge in [-0.2, -0.15) is 0 Å². The lowest BCUT2D eigenvalue weighted by molar-refractivity contribution is 0.598. The van der Waals surface area contributed by atoms with Crippen LogP contribution in [0.25, 0.3) is 0 Å². The molecule has 0 spiro atoms. The highest BCUT2D eigenvalue weighted by molar-refractivity contribution is 8.00. The Hall–Kier alpha value is -0.760. The fourth-order valence-electron chi connectivity index (χ4n) is 1.15. The molecule has 0 unspecified atom stereocenters. The van der Waals surface area contributed by atoms with Gasteiger partial charge < -0.3 is 30.2 Å². The van der Waals surface area contributed by atoms with Crippen molar-refractivity contribution >= 4 is 39.2 Å². The van der Waals surface area contributed by atoms with Gasteiger partial charge in [0.2, 0.25) is 10.0 Å². The quantitative estimate of drug-likeness (QED) is 0.638. The molecule has 4 nitrogen and oxygen atoms in total. The molecule has 3 N–H and O–H groups in total. The second-order valence-electron chi connectivity index (χ2n) is 3.15. The predicted molar refractivity (Wildman–Crippen MR) is 76.2 cm³/mol. The summed E-state index contributed by atoms with van der Waals surface area (Å²) >= 11 is 9.38. The van der Waals surface area contributed by atoms with Crippen LogP contribution in [0, 0.1) is 0 Å². The summed E-state index contributed by atoms with van der Waals surface area (Å²) in [6.45, 7) is 0.636. The Morgan fingerprint density at radius 2 is 1.88 bits per heavy atom. The van der Waals surface area contributed by atoms with Crippen molar-refractivity contribution in [3.8, 4) is 0 Å². The van der Waals surface area contributed by atoms with Crippen molar-refractivity contribution < 1.29 is 8.42 Å². The van der Waals surface area contributed by atoms with Crippen molar-refractivity contribution in [2.45, 2.75) is 18.7 Å². The largest absolute Gasteiger partial charge is 0.412 e. The van der Waals surface area contributed by atoms with Gasteiger partial charge in [0, 0.05) is 6.54 Å². The summed E-state index contributed by atoms with van der Waals surface area (Å²) in [6, 6.07) is 6.40. The van der Waals surface area contributed by atoms with Gasteiger partial charge >= 0.3 is 0 Å². The molecule has 1 aromatic rings. The van der Waals surface area contributed by atoms with Gasteiger partial charge in [0.15, 0.2) is 0 Å². The molecular weight excluding hydrogens is 276 g/mol. The molecule has 0 radical (unpaired) electrons. The van der Waals surface area contributed by atoms with E-state index in [9.17, 15) is 8.42 Å². The van der Waals surface area contributed by atoms with Crippen LogP contribution in [0.15, 0.2) is 29.2 Å². The zero-order valence-electron chi connectivity index (χ0n) is 8.34. The van der Waals surface area contributed by atoms with Crippen LogP contribution in [0.2, 0.25) is 0 Å². The molecule has 96 valence electrons. The molecule has 17 heavy (non-hydrogen) atoms. The van der Waals surface area contributed by atoms with Crippen molar-refractivity contribution in [2.24, 2.45) is 5.14 Å². The van der Waals surface area contributed by atoms with Crippen LogP contribution in [0.3, 0.4) is 0 Å². The van der Waals surface area contributed by atoms with E-state index in [0.29, 0.717) is 10.9 Å². The first-order valence-electron chi connectivity index (χ1n) is 4.46. The standard InChI is InChI=1S/C9H12N2O2S3.CH4/c10-16(12,13)8-3-1-7(2-4-8)5-6-11-9(14)15;/h1-4H,5-6H2,(H2,10,12,13)(H2,11,14,15);1H4/p-1. The van der Waals surface area contributed by atoms with E-state index in [1.54, 1.807) is 12.1 Å². The van der Waals surface area contributed by atoms with Crippen LogP contribution in [0.5, 0.6) is 0 Å². The van der Waals surface area contributed by atoms with Crippen LogP contribution < -0.4 is 10.5 Å². The third-order valence-corrected chi connectivity index (χ3v) is 3.15. The van der Waals surface area contributed by atoms with Gasteiger partial charge in [-0.05, 0) is 24.1 Å². The molecular formula is C10H15N2O2S3-. The van der Waals surface area contributed by atoms with Crippen LogP contribution in [0.1, 0.15) is 13.0 Å². The average molecular weight is 291 g/mol. The Balaban J connectivity index is 0.00000256. The summed E-state index contributed by atoms with van der Waals surface area (Å²) in [5.41, 5.74) is 0.992. The number of benzene rings is 1. The number of hydrogen-bond donors (Lipinski definition) is 2. The van der Waals surface area contributed by atoms with E-state index in [1.807, 2.05) is 0 Å². The van der Waals surface area contributed by atoms with E-state index >= 15 is 0 Å². The Morgan fingerprint density at radius 3 is 2.29 bits per heavy atom. The summed E-state index contributed by atoms with van der Waals surface area (Å²) in [5, 5.41) is 7.82. The fourth-order valence-corrected chi connectivity index (χ4v) is 1.87.